The zero-order valence-electron chi connectivity index (χ0n) is 31.4. The molecule has 2 atom stereocenters. The lowest BCUT2D eigenvalue weighted by Crippen LogP contribution is -2.09. The van der Waals surface area contributed by atoms with Gasteiger partial charge in [0, 0.05) is 44.8 Å². The average molecular weight is 722 g/mol. The highest BCUT2D eigenvalue weighted by Crippen LogP contribution is 2.40. The van der Waals surface area contributed by atoms with Gasteiger partial charge in [0.15, 0.2) is 0 Å². The van der Waals surface area contributed by atoms with E-state index in [0.717, 1.165) is 72.0 Å². The third kappa shape index (κ3) is 5.70. The molecule has 4 heteroatoms. The maximum absolute atomic E-state index is 6.15. The Morgan fingerprint density at radius 1 is 0.679 bits per heavy atom. The first-order valence-corrected chi connectivity index (χ1v) is 19.2. The molecule has 4 nitrogen and oxygen atoms in total. The van der Waals surface area contributed by atoms with E-state index < -0.39 is 0 Å². The Kier molecular flexibility index (Phi) is 8.18. The quantitative estimate of drug-likeness (QED) is 0.154. The third-order valence-electron chi connectivity index (χ3n) is 11.3. The standard InChI is InChI=1S/C52H39N3O/c1-4-35(46-30-40(41-18-10-8-14-33(41)2)31-47(54-46)37-16-6-5-7-17-37)32-53-34(3)55-48-25-23-38(29-45(48)52-42-19-11-9-15-36(42)22-26-49(52)55)39-24-27-51-44(28-39)43-20-12-13-21-50(43)56-51/h4-33,41H,3H2,1-2H3/b35-4+,53-32?. The first-order chi connectivity index (χ1) is 27.5. The van der Waals surface area contributed by atoms with E-state index in [1.54, 1.807) is 0 Å². The number of aliphatic imine (C=N–C) groups is 1. The molecule has 10 rings (SSSR count). The summed E-state index contributed by atoms with van der Waals surface area (Å²) in [5.41, 5.74) is 11.3. The first kappa shape index (κ1) is 33.5. The van der Waals surface area contributed by atoms with E-state index in [-0.39, 0.29) is 5.92 Å². The number of furan rings is 1. The van der Waals surface area contributed by atoms with Gasteiger partial charge in [0.05, 0.1) is 22.4 Å². The van der Waals surface area contributed by atoms with Crippen LogP contribution in [0.3, 0.4) is 0 Å². The van der Waals surface area contributed by atoms with Crippen molar-refractivity contribution in [2.24, 2.45) is 10.9 Å². The molecule has 3 heterocycles. The number of hydrogen-bond donors (Lipinski definition) is 0. The number of pyridine rings is 1. The van der Waals surface area contributed by atoms with Gasteiger partial charge < -0.3 is 4.42 Å². The lowest BCUT2D eigenvalue weighted by Gasteiger charge is -2.22. The maximum Gasteiger partial charge on any atom is 0.135 e. The monoisotopic (exact) mass is 721 g/mol. The van der Waals surface area contributed by atoms with Gasteiger partial charge in [0.1, 0.15) is 17.0 Å². The molecular weight excluding hydrogens is 683 g/mol. The molecule has 0 aliphatic heterocycles. The predicted molar refractivity (Wildman–Crippen MR) is 237 cm³/mol. The van der Waals surface area contributed by atoms with Crippen LogP contribution in [0.1, 0.15) is 31.0 Å². The van der Waals surface area contributed by atoms with Crippen molar-refractivity contribution in [3.8, 4) is 22.4 Å². The van der Waals surface area contributed by atoms with E-state index in [9.17, 15) is 0 Å². The third-order valence-corrected chi connectivity index (χ3v) is 11.3. The van der Waals surface area contributed by atoms with E-state index in [4.69, 9.17) is 14.4 Å². The number of para-hydroxylation sites is 1. The minimum absolute atomic E-state index is 0.257. The first-order valence-electron chi connectivity index (χ1n) is 19.2. The van der Waals surface area contributed by atoms with Crippen LogP contribution in [-0.2, 0) is 0 Å². The zero-order chi connectivity index (χ0) is 37.8. The minimum Gasteiger partial charge on any atom is -0.456 e. The van der Waals surface area contributed by atoms with Gasteiger partial charge in [0.2, 0.25) is 0 Å². The summed E-state index contributed by atoms with van der Waals surface area (Å²) >= 11 is 0. The fourth-order valence-electron chi connectivity index (χ4n) is 8.43. The molecule has 0 N–H and O–H groups in total. The van der Waals surface area contributed by atoms with Crippen molar-refractivity contribution in [1.29, 1.82) is 0 Å². The summed E-state index contributed by atoms with van der Waals surface area (Å²) in [5.74, 6) is 1.27. The van der Waals surface area contributed by atoms with Crippen LogP contribution >= 0.6 is 0 Å². The Morgan fingerprint density at radius 3 is 2.23 bits per heavy atom. The van der Waals surface area contributed by atoms with Crippen LogP contribution in [0.5, 0.6) is 0 Å². The molecule has 2 unspecified atom stereocenters. The van der Waals surface area contributed by atoms with Gasteiger partial charge in [-0.05, 0) is 88.8 Å². The van der Waals surface area contributed by atoms with Gasteiger partial charge >= 0.3 is 0 Å². The van der Waals surface area contributed by atoms with Gasteiger partial charge in [-0.1, -0.05) is 135 Å². The largest absolute Gasteiger partial charge is 0.456 e. The van der Waals surface area contributed by atoms with E-state index in [2.05, 4.69) is 170 Å². The van der Waals surface area contributed by atoms with Gasteiger partial charge in [-0.3, -0.25) is 4.57 Å². The van der Waals surface area contributed by atoms with Crippen molar-refractivity contribution in [3.05, 3.63) is 188 Å². The Balaban J connectivity index is 1.08. The molecule has 0 saturated heterocycles. The zero-order valence-corrected chi connectivity index (χ0v) is 31.4. The lowest BCUT2D eigenvalue weighted by atomic mass is 9.83. The summed E-state index contributed by atoms with van der Waals surface area (Å²) in [6, 6.07) is 49.3. The van der Waals surface area contributed by atoms with Crippen molar-refractivity contribution in [2.45, 2.75) is 19.8 Å². The van der Waals surface area contributed by atoms with E-state index in [1.807, 2.05) is 31.3 Å². The molecule has 0 fully saturated rings. The summed E-state index contributed by atoms with van der Waals surface area (Å²) < 4.78 is 8.34. The van der Waals surface area contributed by atoms with E-state index >= 15 is 0 Å². The van der Waals surface area contributed by atoms with Crippen LogP contribution < -0.4 is 0 Å². The fraction of sp³-hybridized carbons (Fsp3) is 0.0769. The highest BCUT2D eigenvalue weighted by Gasteiger charge is 2.20. The molecule has 268 valence electrons. The molecule has 1 aliphatic carbocycles. The number of nitrogens with zero attached hydrogens (tertiary/aromatic N) is 3. The Bertz CT molecular complexity index is 3130. The van der Waals surface area contributed by atoms with Crippen molar-refractivity contribution < 1.29 is 4.42 Å². The predicted octanol–water partition coefficient (Wildman–Crippen LogP) is 14.0. The van der Waals surface area contributed by atoms with Gasteiger partial charge in [-0.15, -0.1) is 0 Å². The van der Waals surface area contributed by atoms with Crippen LogP contribution in [0.15, 0.2) is 186 Å². The molecule has 0 amide bonds. The second-order valence-electron chi connectivity index (χ2n) is 14.7. The van der Waals surface area contributed by atoms with E-state index in [0.29, 0.717) is 11.7 Å². The number of rotatable bonds is 7. The molecule has 56 heavy (non-hydrogen) atoms. The average Bonchev–Trinajstić information content (AvgIpc) is 3.79. The summed E-state index contributed by atoms with van der Waals surface area (Å²) in [7, 11) is 0. The molecule has 6 aromatic carbocycles. The van der Waals surface area contributed by atoms with Crippen LogP contribution in [0.4, 0.5) is 0 Å². The molecule has 9 aromatic rings. The molecular formula is C52H39N3O. The Labute approximate surface area is 325 Å². The van der Waals surface area contributed by atoms with Crippen LogP contribution in [0.2, 0.25) is 0 Å². The van der Waals surface area contributed by atoms with Gasteiger partial charge in [-0.25, -0.2) is 9.98 Å². The molecule has 0 bridgehead atoms. The summed E-state index contributed by atoms with van der Waals surface area (Å²) in [6.45, 7) is 8.89. The number of hydrogen-bond acceptors (Lipinski definition) is 3. The minimum atomic E-state index is 0.257. The molecule has 3 aromatic heterocycles. The Hall–Kier alpha value is -7.04. The molecule has 0 saturated carbocycles. The van der Waals surface area contributed by atoms with Crippen molar-refractivity contribution in [2.75, 3.05) is 0 Å². The molecule has 0 radical (unpaired) electrons. The normalized spacial score (nSPS) is 16.0. The summed E-state index contributed by atoms with van der Waals surface area (Å²) in [4.78, 5) is 10.3. The summed E-state index contributed by atoms with van der Waals surface area (Å²) in [5, 5.41) is 6.97. The van der Waals surface area contributed by atoms with Gasteiger partial charge in [-0.2, -0.15) is 0 Å². The number of fused-ring (bicyclic) bond motifs is 8. The van der Waals surface area contributed by atoms with Crippen molar-refractivity contribution in [1.82, 2.24) is 9.55 Å². The number of allylic oxidation sites excluding steroid dienone is 6. The van der Waals surface area contributed by atoms with E-state index in [1.165, 1.54) is 21.7 Å². The topological polar surface area (TPSA) is 43.3 Å². The van der Waals surface area contributed by atoms with Crippen LogP contribution in [-0.4, -0.2) is 15.8 Å². The lowest BCUT2D eigenvalue weighted by molar-refractivity contribution is 0.634. The second kappa shape index (κ2) is 13.7. The number of aromatic nitrogens is 2. The van der Waals surface area contributed by atoms with Crippen LogP contribution in [0, 0.1) is 5.92 Å². The molecule has 1 aliphatic rings. The number of benzene rings is 6. The van der Waals surface area contributed by atoms with Crippen LogP contribution in [0.25, 0.3) is 88.3 Å². The maximum atomic E-state index is 6.15. The van der Waals surface area contributed by atoms with Gasteiger partial charge in [0.25, 0.3) is 0 Å². The smallest absolute Gasteiger partial charge is 0.135 e. The second-order valence-corrected chi connectivity index (χ2v) is 14.7. The molecule has 0 spiro atoms. The SMILES string of the molecule is C=C(N=C/C(=C\C)c1cc(C2C=CC=CC2C)cc(-c2ccccc2)n1)n1c2ccc(-c3ccc4oc5ccccc5c4c3)cc2c2c3ccccc3ccc21. The Morgan fingerprint density at radius 2 is 1.39 bits per heavy atom. The highest BCUT2D eigenvalue weighted by molar-refractivity contribution is 6.22. The van der Waals surface area contributed by atoms with Crippen molar-refractivity contribution in [3.63, 3.8) is 0 Å². The fourth-order valence-corrected chi connectivity index (χ4v) is 8.43. The highest BCUT2D eigenvalue weighted by atomic mass is 16.3. The summed E-state index contributed by atoms with van der Waals surface area (Å²) in [6.07, 6.45) is 12.8. The van der Waals surface area contributed by atoms with Crippen molar-refractivity contribution >= 4 is 72.1 Å².